The van der Waals surface area contributed by atoms with Gasteiger partial charge < -0.3 is 37.2 Å². The molecule has 0 saturated heterocycles. The Morgan fingerprint density at radius 2 is 1.36 bits per heavy atom. The molecule has 0 aliphatic carbocycles. The molecule has 0 aliphatic rings. The van der Waals surface area contributed by atoms with Crippen LogP contribution in [0.3, 0.4) is 0 Å². The van der Waals surface area contributed by atoms with E-state index in [1.54, 1.807) is 0 Å². The van der Waals surface area contributed by atoms with Crippen LogP contribution in [0.5, 0.6) is 0 Å². The molecule has 2 nitrogen and oxygen atoms in total. The quantitative estimate of drug-likeness (QED) is 0.375. The second kappa shape index (κ2) is 11.8. The zero-order valence-electron chi connectivity index (χ0n) is 6.79. The number of Topliss-reactive ketones (excluding diaryl/α,β-unsaturated/α-hetero) is 2. The minimum atomic E-state index is -4.87. The second-order valence-electron chi connectivity index (χ2n) is 1.80. The van der Waals surface area contributed by atoms with E-state index in [0.29, 0.717) is 0 Å². The Labute approximate surface area is 112 Å². The summed E-state index contributed by atoms with van der Waals surface area (Å²) in [6.07, 6.45) is -5.92. The van der Waals surface area contributed by atoms with Gasteiger partial charge >= 0.3 is 27.9 Å². The Kier molecular flexibility index (Phi) is 24.7. The number of hydrogen-bond acceptors (Lipinski definition) is 2. The van der Waals surface area contributed by atoms with Gasteiger partial charge in [-0.25, -0.2) is 0 Å². The Morgan fingerprint density at radius 1 is 1.07 bits per heavy atom. The Morgan fingerprint density at radius 3 is 1.43 bits per heavy atom. The van der Waals surface area contributed by atoms with Crippen molar-refractivity contribution in [1.82, 2.24) is 0 Å². The van der Waals surface area contributed by atoms with Crippen molar-refractivity contribution in [2.24, 2.45) is 0 Å². The maximum Gasteiger partial charge on any atom is 3.00 e. The first-order chi connectivity index (χ1) is 4.34. The summed E-state index contributed by atoms with van der Waals surface area (Å²) in [6, 6.07) is 0. The van der Waals surface area contributed by atoms with Crippen LogP contribution in [-0.2, 0) is 31.3 Å². The molecule has 1 radical (unpaired) electrons. The molecule has 0 unspecified atom stereocenters. The fourth-order valence-electron chi connectivity index (χ4n) is 0.326. The van der Waals surface area contributed by atoms with Crippen LogP contribution in [0.2, 0.25) is 0 Å². The minimum Gasteiger partial charge on any atom is -1.00 e. The fraction of sp³-hybridized carbons (Fsp3) is 0.600. The van der Waals surface area contributed by atoms with Crippen molar-refractivity contribution < 1.29 is 81.7 Å². The van der Waals surface area contributed by atoms with Gasteiger partial charge in [0.2, 0.25) is 5.78 Å². The first-order valence-corrected chi connectivity index (χ1v) is 2.43. The van der Waals surface area contributed by atoms with Gasteiger partial charge in [-0.1, -0.05) is 0 Å². The van der Waals surface area contributed by atoms with Gasteiger partial charge in [-0.3, -0.25) is 9.59 Å². The number of carbonyl (C=O) groups is 2. The smallest absolute Gasteiger partial charge is 1.00 e. The van der Waals surface area contributed by atoms with Crippen molar-refractivity contribution >= 4 is 11.6 Å². The summed E-state index contributed by atoms with van der Waals surface area (Å²) in [5.74, 6) is -2.76. The molecule has 0 aromatic heterocycles. The minimum absolute atomic E-state index is 0. The third kappa shape index (κ3) is 15.2. The Hall–Kier alpha value is 0.714. The maximum atomic E-state index is 11.3. The monoisotopic (exact) mass is 307 g/mol. The molecule has 0 rings (SSSR count). The Bertz CT molecular complexity index is 174. The molecule has 0 spiro atoms. The molecule has 83 valence electrons. The normalized spacial score (nSPS) is 8.00. The van der Waals surface area contributed by atoms with E-state index in [1.165, 1.54) is 0 Å². The van der Waals surface area contributed by atoms with Gasteiger partial charge in [0.1, 0.15) is 5.78 Å². The second-order valence-corrected chi connectivity index (χ2v) is 1.80. The number of carbonyl (C=O) groups excluding carboxylic acids is 2. The van der Waals surface area contributed by atoms with Gasteiger partial charge in [0.25, 0.3) is 0 Å². The van der Waals surface area contributed by atoms with E-state index in [1.807, 2.05) is 0 Å². The molecule has 0 saturated carbocycles. The zero-order valence-corrected chi connectivity index (χ0v) is 10.6. The van der Waals surface area contributed by atoms with E-state index in [4.69, 9.17) is 0 Å². The van der Waals surface area contributed by atoms with Gasteiger partial charge in [-0.15, -0.1) is 0 Å². The van der Waals surface area contributed by atoms with Crippen LogP contribution in [0.4, 0.5) is 13.2 Å². The summed E-state index contributed by atoms with van der Waals surface area (Å²) in [5.41, 5.74) is 0. The number of alkyl halides is 3. The topological polar surface area (TPSA) is 34.1 Å². The van der Waals surface area contributed by atoms with Gasteiger partial charge in [-0.05, 0) is 6.92 Å². The average Bonchev–Trinajstić information content (AvgIpc) is 1.60. The first kappa shape index (κ1) is 29.3. The molecule has 14 heavy (non-hydrogen) atoms. The van der Waals surface area contributed by atoms with Gasteiger partial charge in [0, 0.05) is 0 Å². The van der Waals surface area contributed by atoms with E-state index in [9.17, 15) is 22.8 Å². The van der Waals surface area contributed by atoms with E-state index in [0.717, 1.165) is 6.92 Å². The SMILES string of the molecule is CC(=O)CC(=O)C(F)(F)F.[Cl-].[Cl-].[Cl-].[Ti+3]. The summed E-state index contributed by atoms with van der Waals surface area (Å²) in [6.45, 7) is 0.934. The van der Waals surface area contributed by atoms with E-state index in [-0.39, 0.29) is 58.9 Å². The largest absolute Gasteiger partial charge is 3.00 e. The third-order valence-electron chi connectivity index (χ3n) is 0.726. The standard InChI is InChI=1S/C5H5F3O2.3ClH.Ti/c1-3(9)2-4(10)5(6,7)8;;;;/h2H2,1H3;3*1H;/q;;;;+3/p-3. The average molecular weight is 308 g/mol. The molecule has 0 N–H and O–H groups in total. The van der Waals surface area contributed by atoms with Crippen LogP contribution in [0, 0.1) is 0 Å². The molecule has 9 heteroatoms. The van der Waals surface area contributed by atoms with Gasteiger partial charge in [-0.2, -0.15) is 13.2 Å². The van der Waals surface area contributed by atoms with Crippen LogP contribution in [0.15, 0.2) is 0 Å². The molecule has 0 bridgehead atoms. The number of hydrogen-bond donors (Lipinski definition) is 0. The molecule has 0 heterocycles. The maximum absolute atomic E-state index is 11.3. The summed E-state index contributed by atoms with van der Waals surface area (Å²) in [4.78, 5) is 19.9. The molecule has 0 atom stereocenters. The van der Waals surface area contributed by atoms with E-state index < -0.39 is 24.2 Å². The van der Waals surface area contributed by atoms with Crippen LogP contribution >= 0.6 is 0 Å². The molecule has 0 fully saturated rings. The number of ketones is 2. The number of halogens is 6. The summed E-state index contributed by atoms with van der Waals surface area (Å²) in [7, 11) is 0. The van der Waals surface area contributed by atoms with Crippen LogP contribution in [-0.4, -0.2) is 17.7 Å². The van der Waals surface area contributed by atoms with Crippen molar-refractivity contribution in [2.75, 3.05) is 0 Å². The van der Waals surface area contributed by atoms with Crippen LogP contribution in [0.1, 0.15) is 13.3 Å². The van der Waals surface area contributed by atoms with Crippen LogP contribution in [0.25, 0.3) is 0 Å². The third-order valence-corrected chi connectivity index (χ3v) is 0.726. The first-order valence-electron chi connectivity index (χ1n) is 2.43. The van der Waals surface area contributed by atoms with Crippen LogP contribution < -0.4 is 37.2 Å². The van der Waals surface area contributed by atoms with Crippen molar-refractivity contribution in [2.45, 2.75) is 19.5 Å². The summed E-state index contributed by atoms with van der Waals surface area (Å²) in [5, 5.41) is 0. The van der Waals surface area contributed by atoms with E-state index >= 15 is 0 Å². The van der Waals surface area contributed by atoms with E-state index in [2.05, 4.69) is 0 Å². The molecule has 0 aromatic carbocycles. The van der Waals surface area contributed by atoms with Gasteiger partial charge in [0.05, 0.1) is 6.42 Å². The summed E-state index contributed by atoms with van der Waals surface area (Å²) >= 11 is 0. The van der Waals surface area contributed by atoms with Gasteiger partial charge in [0.15, 0.2) is 0 Å². The Balaban J connectivity index is -0.0000000675. The molecular formula is C5H5Cl3F3O2Ti. The summed E-state index contributed by atoms with van der Waals surface area (Å²) < 4.78 is 33.9. The number of rotatable bonds is 2. The molecular weight excluding hydrogens is 303 g/mol. The van der Waals surface area contributed by atoms with Crippen molar-refractivity contribution in [3.8, 4) is 0 Å². The predicted molar refractivity (Wildman–Crippen MR) is 26.4 cm³/mol. The van der Waals surface area contributed by atoms with Crippen molar-refractivity contribution in [3.63, 3.8) is 0 Å². The molecule has 0 aromatic rings. The molecule has 0 amide bonds. The zero-order chi connectivity index (χ0) is 8.36. The fourth-order valence-corrected chi connectivity index (χ4v) is 0.326. The predicted octanol–water partition coefficient (Wildman–Crippen LogP) is -7.89. The van der Waals surface area contributed by atoms with Crippen molar-refractivity contribution in [3.05, 3.63) is 0 Å². The van der Waals surface area contributed by atoms with Crippen molar-refractivity contribution in [1.29, 1.82) is 0 Å². The molecule has 0 aliphatic heterocycles.